The molecule has 0 saturated heterocycles. The highest BCUT2D eigenvalue weighted by Gasteiger charge is 2.19. The molecule has 0 aliphatic carbocycles. The number of carboxylic acids is 1. The van der Waals surface area contributed by atoms with Crippen LogP contribution in [0.25, 0.3) is 9.75 Å². The van der Waals surface area contributed by atoms with E-state index in [1.54, 1.807) is 0 Å². The molecule has 0 aliphatic rings. The molecule has 0 saturated carbocycles. The molecule has 0 aliphatic heterocycles. The molecule has 17 heavy (non-hydrogen) atoms. The Labute approximate surface area is 115 Å². The second-order valence-corrected chi connectivity index (χ2v) is 6.99. The average molecular weight is 332 g/mol. The minimum Gasteiger partial charge on any atom is -0.476 e. The predicted octanol–water partition coefficient (Wildman–Crippen LogP) is 4.28. The van der Waals surface area contributed by atoms with Crippen LogP contribution in [0.3, 0.4) is 0 Å². The Balaban J connectivity index is 2.47. The molecule has 0 aromatic carbocycles. The molecule has 0 radical (unpaired) electrons. The number of halogens is 1. The maximum absolute atomic E-state index is 11.2. The van der Waals surface area contributed by atoms with Gasteiger partial charge in [0.1, 0.15) is 0 Å². The van der Waals surface area contributed by atoms with Gasteiger partial charge < -0.3 is 5.11 Å². The van der Waals surface area contributed by atoms with Gasteiger partial charge in [-0.2, -0.15) is 0 Å². The fraction of sp³-hybridized carbons (Fsp3) is 0.273. The Hall–Kier alpha value is -0.720. The molecule has 0 fully saturated rings. The van der Waals surface area contributed by atoms with Crippen molar-refractivity contribution in [1.82, 2.24) is 4.98 Å². The number of hydrogen-bond donors (Lipinski definition) is 1. The summed E-state index contributed by atoms with van der Waals surface area (Å²) in [6.45, 7) is 2.06. The fourth-order valence-electron chi connectivity index (χ4n) is 1.43. The summed E-state index contributed by atoms with van der Waals surface area (Å²) in [5.41, 5.74) is 0.174. The number of nitrogens with zero attached hydrogens (tertiary/aromatic N) is 1. The lowest BCUT2D eigenvalue weighted by atomic mass is 10.3. The highest BCUT2D eigenvalue weighted by atomic mass is 79.9. The zero-order chi connectivity index (χ0) is 12.4. The number of rotatable bonds is 4. The summed E-state index contributed by atoms with van der Waals surface area (Å²) in [4.78, 5) is 17.1. The summed E-state index contributed by atoms with van der Waals surface area (Å²) in [5, 5.41) is 10.0. The molecule has 0 amide bonds. The van der Waals surface area contributed by atoms with E-state index in [0.29, 0.717) is 0 Å². The van der Waals surface area contributed by atoms with Crippen molar-refractivity contribution >= 4 is 44.6 Å². The van der Waals surface area contributed by atoms with Crippen LogP contribution in [0.4, 0.5) is 0 Å². The van der Waals surface area contributed by atoms with Crippen LogP contribution >= 0.6 is 38.6 Å². The molecule has 3 nitrogen and oxygen atoms in total. The Bertz CT molecular complexity index is 547. The van der Waals surface area contributed by atoms with Gasteiger partial charge in [0.25, 0.3) is 0 Å². The van der Waals surface area contributed by atoms with Crippen LogP contribution in [-0.2, 0) is 6.42 Å². The molecular weight excluding hydrogens is 322 g/mol. The number of aromatic carboxylic acids is 1. The van der Waals surface area contributed by atoms with Gasteiger partial charge in [0.15, 0.2) is 5.69 Å². The third kappa shape index (κ3) is 2.75. The van der Waals surface area contributed by atoms with Crippen molar-refractivity contribution in [2.75, 3.05) is 0 Å². The van der Waals surface area contributed by atoms with Crippen molar-refractivity contribution in [3.05, 3.63) is 26.6 Å². The van der Waals surface area contributed by atoms with E-state index >= 15 is 0 Å². The monoisotopic (exact) mass is 331 g/mol. The summed E-state index contributed by atoms with van der Waals surface area (Å²) >= 11 is 6.39. The Kier molecular flexibility index (Phi) is 3.96. The highest BCUT2D eigenvalue weighted by Crippen LogP contribution is 2.37. The molecule has 0 spiro atoms. The van der Waals surface area contributed by atoms with Crippen LogP contribution < -0.4 is 0 Å². The lowest BCUT2D eigenvalue weighted by molar-refractivity contribution is 0.0692. The third-order valence-corrected chi connectivity index (χ3v) is 5.05. The Morgan fingerprint density at radius 1 is 1.47 bits per heavy atom. The largest absolute Gasteiger partial charge is 0.476 e. The molecular formula is C11H10BrNO2S2. The molecule has 1 N–H and O–H groups in total. The van der Waals surface area contributed by atoms with Crippen molar-refractivity contribution in [3.63, 3.8) is 0 Å². The Morgan fingerprint density at radius 3 is 2.76 bits per heavy atom. The number of thiophene rings is 1. The molecule has 2 aromatic heterocycles. The van der Waals surface area contributed by atoms with E-state index in [1.807, 2.05) is 12.1 Å². The topological polar surface area (TPSA) is 50.2 Å². The van der Waals surface area contributed by atoms with Crippen molar-refractivity contribution < 1.29 is 9.90 Å². The second kappa shape index (κ2) is 5.29. The van der Waals surface area contributed by atoms with Crippen LogP contribution in [0.2, 0.25) is 0 Å². The number of carboxylic acid groups (broad SMARTS) is 1. The van der Waals surface area contributed by atoms with Crippen molar-refractivity contribution in [3.8, 4) is 9.75 Å². The van der Waals surface area contributed by atoms with Gasteiger partial charge in [0.2, 0.25) is 0 Å². The predicted molar refractivity (Wildman–Crippen MR) is 74.1 cm³/mol. The van der Waals surface area contributed by atoms with Crippen molar-refractivity contribution in [2.24, 2.45) is 0 Å². The summed E-state index contributed by atoms with van der Waals surface area (Å²) in [6.07, 6.45) is 1.80. The Morgan fingerprint density at radius 2 is 2.24 bits per heavy atom. The van der Waals surface area contributed by atoms with E-state index in [4.69, 9.17) is 5.11 Å². The molecule has 0 bridgehead atoms. The minimum atomic E-state index is -0.955. The zero-order valence-electron chi connectivity index (χ0n) is 9.07. The minimum absolute atomic E-state index is 0.174. The molecule has 2 rings (SSSR count). The standard InChI is InChI=1S/C11H10BrNO2S2/c1-2-3-8-13-9(11(14)15)10(17-8)6-4-5-7(12)16-6/h4-5H,2-3H2,1H3,(H,14,15). The molecule has 6 heteroatoms. The molecule has 2 aromatic rings. The van der Waals surface area contributed by atoms with E-state index in [2.05, 4.69) is 27.8 Å². The fourth-order valence-corrected chi connectivity index (χ4v) is 4.09. The van der Waals surface area contributed by atoms with Gasteiger partial charge in [-0.1, -0.05) is 6.92 Å². The summed E-state index contributed by atoms with van der Waals surface area (Å²) in [5.74, 6) is -0.955. The van der Waals surface area contributed by atoms with Crippen LogP contribution in [0.1, 0.15) is 28.8 Å². The highest BCUT2D eigenvalue weighted by molar-refractivity contribution is 9.11. The molecule has 2 heterocycles. The lowest BCUT2D eigenvalue weighted by Gasteiger charge is -1.92. The normalized spacial score (nSPS) is 10.7. The first-order valence-corrected chi connectivity index (χ1v) is 7.53. The van der Waals surface area contributed by atoms with Crippen LogP contribution in [0.5, 0.6) is 0 Å². The summed E-state index contributed by atoms with van der Waals surface area (Å²) < 4.78 is 0.995. The van der Waals surface area contributed by atoms with Crippen LogP contribution in [0.15, 0.2) is 15.9 Å². The maximum Gasteiger partial charge on any atom is 0.356 e. The number of thiazole rings is 1. The van der Waals surface area contributed by atoms with E-state index < -0.39 is 5.97 Å². The van der Waals surface area contributed by atoms with E-state index in [-0.39, 0.29) is 5.69 Å². The maximum atomic E-state index is 11.2. The lowest BCUT2D eigenvalue weighted by Crippen LogP contribution is -1.98. The van der Waals surface area contributed by atoms with Crippen LogP contribution in [-0.4, -0.2) is 16.1 Å². The van der Waals surface area contributed by atoms with Crippen LogP contribution in [0, 0.1) is 0 Å². The first-order chi connectivity index (χ1) is 8.11. The first kappa shape index (κ1) is 12.7. The number of aromatic nitrogens is 1. The number of hydrogen-bond acceptors (Lipinski definition) is 4. The van der Waals surface area contributed by atoms with Gasteiger partial charge in [0.05, 0.1) is 13.7 Å². The van der Waals surface area contributed by atoms with E-state index in [9.17, 15) is 4.79 Å². The third-order valence-electron chi connectivity index (χ3n) is 2.13. The second-order valence-electron chi connectivity index (χ2n) is 3.44. The molecule has 0 atom stereocenters. The van der Waals surface area contributed by atoms with Crippen molar-refractivity contribution in [1.29, 1.82) is 0 Å². The average Bonchev–Trinajstić information content (AvgIpc) is 2.84. The van der Waals surface area contributed by atoms with Gasteiger partial charge >= 0.3 is 5.97 Å². The first-order valence-electron chi connectivity index (χ1n) is 5.10. The smallest absolute Gasteiger partial charge is 0.356 e. The zero-order valence-corrected chi connectivity index (χ0v) is 12.3. The van der Waals surface area contributed by atoms with Gasteiger partial charge in [-0.25, -0.2) is 9.78 Å². The van der Waals surface area contributed by atoms with Gasteiger partial charge in [-0.15, -0.1) is 22.7 Å². The van der Waals surface area contributed by atoms with Gasteiger partial charge in [0, 0.05) is 4.88 Å². The summed E-state index contributed by atoms with van der Waals surface area (Å²) in [6, 6.07) is 3.84. The SMILES string of the molecule is CCCc1nc(C(=O)O)c(-c2ccc(Br)s2)s1. The summed E-state index contributed by atoms with van der Waals surface area (Å²) in [7, 11) is 0. The molecule has 0 unspecified atom stereocenters. The van der Waals surface area contributed by atoms with Crippen molar-refractivity contribution in [2.45, 2.75) is 19.8 Å². The van der Waals surface area contributed by atoms with Gasteiger partial charge in [-0.3, -0.25) is 0 Å². The quantitative estimate of drug-likeness (QED) is 0.909. The van der Waals surface area contributed by atoms with E-state index in [1.165, 1.54) is 22.7 Å². The number of aryl methyl sites for hydroxylation is 1. The van der Waals surface area contributed by atoms with Gasteiger partial charge in [-0.05, 0) is 40.9 Å². The molecule has 90 valence electrons. The van der Waals surface area contributed by atoms with E-state index in [0.717, 1.165) is 31.4 Å². The number of carbonyl (C=O) groups is 1.